The fourth-order valence-electron chi connectivity index (χ4n) is 2.83. The molecule has 0 aliphatic rings. The Kier molecular flexibility index (Phi) is 3.47. The molecule has 24 heavy (non-hydrogen) atoms. The van der Waals surface area contributed by atoms with Crippen molar-refractivity contribution in [2.75, 3.05) is 0 Å². The average molecular weight is 316 g/mol. The van der Waals surface area contributed by atoms with Crippen LogP contribution < -0.4 is 5.43 Å². The zero-order valence-electron chi connectivity index (χ0n) is 12.7. The Morgan fingerprint density at radius 3 is 2.04 bits per heavy atom. The summed E-state index contributed by atoms with van der Waals surface area (Å²) in [6, 6.07) is 22.8. The van der Waals surface area contributed by atoms with Gasteiger partial charge in [-0.3, -0.25) is 4.79 Å². The molecule has 4 aromatic rings. The molecule has 3 heteroatoms. The Labute approximate surface area is 137 Å². The largest absolute Gasteiger partial charge is 0.455 e. The Balaban J connectivity index is 2.14. The van der Waals surface area contributed by atoms with E-state index in [2.05, 4.69) is 0 Å². The molecular formula is C21H13FO2. The van der Waals surface area contributed by atoms with Gasteiger partial charge in [-0.25, -0.2) is 4.39 Å². The molecule has 0 atom stereocenters. The first-order valence-electron chi connectivity index (χ1n) is 7.61. The molecule has 0 unspecified atom stereocenters. The van der Waals surface area contributed by atoms with E-state index in [1.807, 2.05) is 60.7 Å². The van der Waals surface area contributed by atoms with Gasteiger partial charge in [-0.05, 0) is 23.8 Å². The van der Waals surface area contributed by atoms with E-state index >= 15 is 0 Å². The van der Waals surface area contributed by atoms with Crippen molar-refractivity contribution in [3.05, 3.63) is 94.9 Å². The number of halogens is 1. The highest BCUT2D eigenvalue weighted by molar-refractivity contribution is 5.89. The van der Waals surface area contributed by atoms with E-state index in [1.54, 1.807) is 0 Å². The van der Waals surface area contributed by atoms with Crippen LogP contribution in [0, 0.1) is 5.82 Å². The summed E-state index contributed by atoms with van der Waals surface area (Å²) in [7, 11) is 0. The van der Waals surface area contributed by atoms with Gasteiger partial charge in [0.2, 0.25) is 5.43 Å². The Hall–Kier alpha value is -3.20. The summed E-state index contributed by atoms with van der Waals surface area (Å²) in [4.78, 5) is 13.0. The van der Waals surface area contributed by atoms with Gasteiger partial charge in [-0.1, -0.05) is 60.7 Å². The van der Waals surface area contributed by atoms with Crippen LogP contribution in [-0.2, 0) is 0 Å². The average Bonchev–Trinajstić information content (AvgIpc) is 2.63. The van der Waals surface area contributed by atoms with Gasteiger partial charge in [0, 0.05) is 5.56 Å². The lowest BCUT2D eigenvalue weighted by molar-refractivity contribution is 0.610. The molecule has 0 bridgehead atoms. The molecule has 0 aliphatic heterocycles. The highest BCUT2D eigenvalue weighted by Crippen LogP contribution is 2.32. The number of benzene rings is 3. The zero-order valence-corrected chi connectivity index (χ0v) is 12.7. The maximum Gasteiger partial charge on any atom is 0.201 e. The van der Waals surface area contributed by atoms with Crippen LogP contribution in [-0.4, -0.2) is 0 Å². The zero-order chi connectivity index (χ0) is 16.5. The molecule has 0 spiro atoms. The maximum atomic E-state index is 13.6. The second-order valence-corrected chi connectivity index (χ2v) is 5.51. The van der Waals surface area contributed by atoms with Crippen LogP contribution in [0.1, 0.15) is 0 Å². The van der Waals surface area contributed by atoms with E-state index in [1.165, 1.54) is 18.2 Å². The van der Waals surface area contributed by atoms with Crippen LogP contribution >= 0.6 is 0 Å². The fraction of sp³-hybridized carbons (Fsp3) is 0. The molecule has 3 aromatic carbocycles. The first kappa shape index (κ1) is 14.4. The molecule has 0 radical (unpaired) electrons. The summed E-state index contributed by atoms with van der Waals surface area (Å²) in [5.41, 5.74) is 2.14. The van der Waals surface area contributed by atoms with Crippen molar-refractivity contribution in [1.82, 2.24) is 0 Å². The van der Waals surface area contributed by atoms with Gasteiger partial charge in [0.15, 0.2) is 0 Å². The van der Waals surface area contributed by atoms with E-state index in [0.29, 0.717) is 16.9 Å². The molecule has 0 amide bonds. The van der Waals surface area contributed by atoms with Crippen molar-refractivity contribution >= 4 is 11.0 Å². The van der Waals surface area contributed by atoms with Crippen molar-refractivity contribution in [3.8, 4) is 22.5 Å². The third kappa shape index (κ3) is 2.40. The number of hydrogen-bond acceptors (Lipinski definition) is 2. The summed E-state index contributed by atoms with van der Waals surface area (Å²) in [5, 5.41) is 0.244. The van der Waals surface area contributed by atoms with Crippen LogP contribution in [0.15, 0.2) is 88.1 Å². The summed E-state index contributed by atoms with van der Waals surface area (Å²) < 4.78 is 19.6. The van der Waals surface area contributed by atoms with Gasteiger partial charge in [-0.15, -0.1) is 0 Å². The van der Waals surface area contributed by atoms with E-state index in [-0.39, 0.29) is 10.8 Å². The van der Waals surface area contributed by atoms with Gasteiger partial charge < -0.3 is 4.42 Å². The van der Waals surface area contributed by atoms with Crippen LogP contribution in [0.4, 0.5) is 4.39 Å². The Bertz CT molecular complexity index is 1070. The molecular weight excluding hydrogens is 303 g/mol. The minimum absolute atomic E-state index is 0.235. The summed E-state index contributed by atoms with van der Waals surface area (Å²) in [6.45, 7) is 0. The highest BCUT2D eigenvalue weighted by atomic mass is 19.1. The maximum absolute atomic E-state index is 13.6. The molecule has 0 N–H and O–H groups in total. The lowest BCUT2D eigenvalue weighted by Gasteiger charge is -2.10. The van der Waals surface area contributed by atoms with Crippen LogP contribution in [0.5, 0.6) is 0 Å². The first-order chi connectivity index (χ1) is 11.7. The molecule has 4 rings (SSSR count). The van der Waals surface area contributed by atoms with Gasteiger partial charge >= 0.3 is 0 Å². The van der Waals surface area contributed by atoms with E-state index < -0.39 is 5.82 Å². The molecule has 116 valence electrons. The topological polar surface area (TPSA) is 30.2 Å². The Morgan fingerprint density at radius 1 is 0.750 bits per heavy atom. The fourth-order valence-corrected chi connectivity index (χ4v) is 2.83. The van der Waals surface area contributed by atoms with Crippen molar-refractivity contribution < 1.29 is 8.81 Å². The van der Waals surface area contributed by atoms with E-state index in [0.717, 1.165) is 11.1 Å². The minimum Gasteiger partial charge on any atom is -0.455 e. The molecule has 0 aliphatic carbocycles. The van der Waals surface area contributed by atoms with Crippen molar-refractivity contribution in [1.29, 1.82) is 0 Å². The summed E-state index contributed by atoms with van der Waals surface area (Å²) in [5.74, 6) is 0.0344. The van der Waals surface area contributed by atoms with Gasteiger partial charge in [-0.2, -0.15) is 0 Å². The normalized spacial score (nSPS) is 10.9. The number of hydrogen-bond donors (Lipinski definition) is 0. The molecule has 0 saturated heterocycles. The van der Waals surface area contributed by atoms with Gasteiger partial charge in [0.05, 0.1) is 10.9 Å². The van der Waals surface area contributed by atoms with Gasteiger partial charge in [0.1, 0.15) is 17.2 Å². The SMILES string of the molecule is O=c1c(-c2ccccc2)c(-c2ccccc2)oc2ccc(F)cc12. The number of fused-ring (bicyclic) bond motifs is 1. The van der Waals surface area contributed by atoms with E-state index in [4.69, 9.17) is 4.42 Å². The van der Waals surface area contributed by atoms with Crippen LogP contribution in [0.2, 0.25) is 0 Å². The predicted octanol–water partition coefficient (Wildman–Crippen LogP) is 5.27. The van der Waals surface area contributed by atoms with Crippen molar-refractivity contribution in [2.45, 2.75) is 0 Å². The lowest BCUT2D eigenvalue weighted by atomic mass is 9.98. The third-order valence-electron chi connectivity index (χ3n) is 3.95. The third-order valence-corrected chi connectivity index (χ3v) is 3.95. The van der Waals surface area contributed by atoms with Crippen LogP contribution in [0.3, 0.4) is 0 Å². The summed E-state index contributed by atoms with van der Waals surface area (Å²) in [6.07, 6.45) is 0. The quantitative estimate of drug-likeness (QED) is 0.504. The van der Waals surface area contributed by atoms with Crippen molar-refractivity contribution in [2.24, 2.45) is 0 Å². The molecule has 0 saturated carbocycles. The molecule has 1 aromatic heterocycles. The lowest BCUT2D eigenvalue weighted by Crippen LogP contribution is -2.07. The molecule has 2 nitrogen and oxygen atoms in total. The second kappa shape index (κ2) is 5.78. The first-order valence-corrected chi connectivity index (χ1v) is 7.61. The molecule has 1 heterocycles. The minimum atomic E-state index is -0.457. The summed E-state index contributed by atoms with van der Waals surface area (Å²) >= 11 is 0. The van der Waals surface area contributed by atoms with Gasteiger partial charge in [0.25, 0.3) is 0 Å². The number of rotatable bonds is 2. The monoisotopic (exact) mass is 316 g/mol. The second-order valence-electron chi connectivity index (χ2n) is 5.51. The smallest absolute Gasteiger partial charge is 0.201 e. The Morgan fingerprint density at radius 2 is 1.38 bits per heavy atom. The predicted molar refractivity (Wildman–Crippen MR) is 93.3 cm³/mol. The van der Waals surface area contributed by atoms with Crippen LogP contribution in [0.25, 0.3) is 33.4 Å². The highest BCUT2D eigenvalue weighted by Gasteiger charge is 2.17. The van der Waals surface area contributed by atoms with Crippen molar-refractivity contribution in [3.63, 3.8) is 0 Å². The van der Waals surface area contributed by atoms with E-state index in [9.17, 15) is 9.18 Å². The standard InChI is InChI=1S/C21H13FO2/c22-16-11-12-18-17(13-16)20(23)19(14-7-3-1-4-8-14)21(24-18)15-9-5-2-6-10-15/h1-13H. The molecule has 0 fully saturated rings.